The summed E-state index contributed by atoms with van der Waals surface area (Å²) in [6.07, 6.45) is 2.38. The quantitative estimate of drug-likeness (QED) is 0.866. The smallest absolute Gasteiger partial charge is 0.177 e. The molecular weight excluding hydrogens is 340 g/mol. The maximum atomic E-state index is 13.7. The molecule has 1 N–H and O–H groups in total. The third-order valence-corrected chi connectivity index (χ3v) is 5.68. The second-order valence-electron chi connectivity index (χ2n) is 6.89. The zero-order valence-corrected chi connectivity index (χ0v) is 14.7. The summed E-state index contributed by atoms with van der Waals surface area (Å²) in [7, 11) is 0. The molecule has 7 heteroatoms. The van der Waals surface area contributed by atoms with Gasteiger partial charge in [-0.15, -0.1) is 12.4 Å². The summed E-state index contributed by atoms with van der Waals surface area (Å²) in [5, 5.41) is 8.31. The SMILES string of the molecule is CC1(C)[C@H](Nc2noc3cc(Cl)c(F)cc23)C2CCN1CC2.Cl. The fourth-order valence-corrected chi connectivity index (χ4v) is 4.22. The Bertz CT molecular complexity index is 725. The molecule has 0 radical (unpaired) electrons. The predicted molar refractivity (Wildman–Crippen MR) is 92.0 cm³/mol. The van der Waals surface area contributed by atoms with E-state index in [1.807, 2.05) is 0 Å². The molecule has 1 aromatic carbocycles. The first kappa shape index (κ1) is 16.8. The standard InChI is InChI=1S/C16H19ClFN3O.ClH/c1-16(2)14(9-3-5-21(16)6-4-9)19-15-10-7-12(18)11(17)8-13(10)22-20-15;/h7-9,14H,3-6H2,1-2H3,(H,19,20);1H/t14-;/m1./s1. The molecule has 0 aliphatic carbocycles. The molecule has 3 aliphatic rings. The van der Waals surface area contributed by atoms with Crippen molar-refractivity contribution in [1.29, 1.82) is 0 Å². The molecule has 4 nitrogen and oxygen atoms in total. The minimum absolute atomic E-state index is 0. The first-order valence-electron chi connectivity index (χ1n) is 7.73. The minimum atomic E-state index is -0.450. The van der Waals surface area contributed by atoms with Crippen molar-refractivity contribution in [1.82, 2.24) is 10.1 Å². The Kier molecular flexibility index (Phi) is 4.23. The molecule has 0 unspecified atom stereocenters. The molecule has 1 atom stereocenters. The summed E-state index contributed by atoms with van der Waals surface area (Å²) in [5.74, 6) is 0.773. The summed E-state index contributed by atoms with van der Waals surface area (Å²) >= 11 is 5.80. The van der Waals surface area contributed by atoms with Gasteiger partial charge in [0.15, 0.2) is 11.4 Å². The maximum absolute atomic E-state index is 13.7. The number of piperidine rings is 3. The van der Waals surface area contributed by atoms with Crippen LogP contribution in [0.1, 0.15) is 26.7 Å². The van der Waals surface area contributed by atoms with Gasteiger partial charge in [0.1, 0.15) is 5.82 Å². The van der Waals surface area contributed by atoms with E-state index >= 15 is 0 Å². The fourth-order valence-electron chi connectivity index (χ4n) is 4.06. The van der Waals surface area contributed by atoms with E-state index in [1.54, 1.807) is 0 Å². The van der Waals surface area contributed by atoms with Crippen LogP contribution in [0.25, 0.3) is 11.0 Å². The Labute approximate surface area is 145 Å². The molecule has 2 bridgehead atoms. The highest BCUT2D eigenvalue weighted by Gasteiger charge is 2.47. The summed E-state index contributed by atoms with van der Waals surface area (Å²) in [5.41, 5.74) is 0.560. The van der Waals surface area contributed by atoms with Crippen LogP contribution in [0, 0.1) is 11.7 Å². The van der Waals surface area contributed by atoms with Gasteiger partial charge in [-0.25, -0.2) is 4.39 Å². The number of nitrogens with zero attached hydrogens (tertiary/aromatic N) is 2. The van der Waals surface area contributed by atoms with Crippen LogP contribution in [0.3, 0.4) is 0 Å². The Hall–Kier alpha value is -1.04. The van der Waals surface area contributed by atoms with Gasteiger partial charge in [-0.05, 0) is 51.8 Å². The summed E-state index contributed by atoms with van der Waals surface area (Å²) in [4.78, 5) is 2.52. The molecule has 0 spiro atoms. The number of nitrogens with one attached hydrogen (secondary N) is 1. The first-order valence-corrected chi connectivity index (χ1v) is 8.10. The van der Waals surface area contributed by atoms with Gasteiger partial charge in [0, 0.05) is 17.6 Å². The van der Waals surface area contributed by atoms with Crippen LogP contribution in [0.15, 0.2) is 16.7 Å². The molecule has 23 heavy (non-hydrogen) atoms. The van der Waals surface area contributed by atoms with E-state index in [0.717, 1.165) is 13.1 Å². The number of fused-ring (bicyclic) bond motifs is 4. The van der Waals surface area contributed by atoms with Crippen molar-refractivity contribution in [3.63, 3.8) is 0 Å². The lowest BCUT2D eigenvalue weighted by molar-refractivity contribution is -0.0189. The predicted octanol–water partition coefficient (Wildman–Crippen LogP) is 4.33. The van der Waals surface area contributed by atoms with Gasteiger partial charge in [0.25, 0.3) is 0 Å². The molecule has 126 valence electrons. The lowest BCUT2D eigenvalue weighted by Crippen LogP contribution is -2.66. The maximum Gasteiger partial charge on any atom is 0.177 e. The lowest BCUT2D eigenvalue weighted by Gasteiger charge is -2.56. The number of aromatic nitrogens is 1. The summed E-state index contributed by atoms with van der Waals surface area (Å²) in [6, 6.07) is 3.15. The first-order chi connectivity index (χ1) is 10.5. The highest BCUT2D eigenvalue weighted by molar-refractivity contribution is 6.31. The van der Waals surface area contributed by atoms with Crippen molar-refractivity contribution >= 4 is 40.8 Å². The third-order valence-electron chi connectivity index (χ3n) is 5.39. The van der Waals surface area contributed by atoms with Crippen molar-refractivity contribution < 1.29 is 8.91 Å². The van der Waals surface area contributed by atoms with Crippen LogP contribution >= 0.6 is 24.0 Å². The van der Waals surface area contributed by atoms with Crippen molar-refractivity contribution in [3.8, 4) is 0 Å². The third kappa shape index (κ3) is 2.59. The molecule has 3 fully saturated rings. The second-order valence-corrected chi connectivity index (χ2v) is 7.30. The Balaban J connectivity index is 0.00000156. The molecule has 3 aliphatic heterocycles. The molecule has 2 aromatic rings. The van der Waals surface area contributed by atoms with Crippen LogP contribution in [0.5, 0.6) is 0 Å². The number of halogens is 3. The molecule has 0 saturated carbocycles. The van der Waals surface area contributed by atoms with Gasteiger partial charge < -0.3 is 9.84 Å². The minimum Gasteiger partial charge on any atom is -0.362 e. The molecular formula is C16H20Cl2FN3O. The molecule has 3 saturated heterocycles. The van der Waals surface area contributed by atoms with Gasteiger partial charge in [-0.1, -0.05) is 16.8 Å². The number of rotatable bonds is 2. The van der Waals surface area contributed by atoms with Crippen LogP contribution < -0.4 is 5.32 Å². The lowest BCUT2D eigenvalue weighted by atomic mass is 9.72. The molecule has 0 amide bonds. The number of hydrogen-bond donors (Lipinski definition) is 1. The zero-order valence-electron chi connectivity index (χ0n) is 13.1. The van der Waals surface area contributed by atoms with Gasteiger partial charge >= 0.3 is 0 Å². The van der Waals surface area contributed by atoms with Crippen LogP contribution in [0.2, 0.25) is 5.02 Å². The van der Waals surface area contributed by atoms with E-state index in [4.69, 9.17) is 16.1 Å². The normalized spacial score (nSPS) is 28.6. The van der Waals surface area contributed by atoms with E-state index < -0.39 is 5.82 Å². The molecule has 4 heterocycles. The van der Waals surface area contributed by atoms with Gasteiger partial charge in [-0.2, -0.15) is 0 Å². The van der Waals surface area contributed by atoms with Crippen molar-refractivity contribution in [3.05, 3.63) is 23.0 Å². The van der Waals surface area contributed by atoms with Crippen molar-refractivity contribution in [2.24, 2.45) is 5.92 Å². The Morgan fingerprint density at radius 2 is 2.04 bits per heavy atom. The van der Waals surface area contributed by atoms with E-state index in [9.17, 15) is 4.39 Å². The van der Waals surface area contributed by atoms with E-state index in [2.05, 4.69) is 29.2 Å². The van der Waals surface area contributed by atoms with Gasteiger partial charge in [0.2, 0.25) is 0 Å². The molecule has 5 rings (SSSR count). The van der Waals surface area contributed by atoms with E-state index in [0.29, 0.717) is 22.7 Å². The molecule has 1 aromatic heterocycles. The van der Waals surface area contributed by atoms with Crippen LogP contribution in [-0.4, -0.2) is 34.7 Å². The topological polar surface area (TPSA) is 41.3 Å². The number of hydrogen-bond acceptors (Lipinski definition) is 4. The van der Waals surface area contributed by atoms with Gasteiger partial charge in [-0.3, -0.25) is 4.90 Å². The second kappa shape index (κ2) is 5.80. The van der Waals surface area contributed by atoms with E-state index in [1.165, 1.54) is 25.0 Å². The number of benzene rings is 1. The highest BCUT2D eigenvalue weighted by atomic mass is 35.5. The van der Waals surface area contributed by atoms with Crippen LogP contribution in [-0.2, 0) is 0 Å². The van der Waals surface area contributed by atoms with Gasteiger partial charge in [0.05, 0.1) is 10.4 Å². The average Bonchev–Trinajstić information content (AvgIpc) is 2.86. The Morgan fingerprint density at radius 3 is 2.70 bits per heavy atom. The van der Waals surface area contributed by atoms with Crippen molar-refractivity contribution in [2.75, 3.05) is 18.4 Å². The van der Waals surface area contributed by atoms with E-state index in [-0.39, 0.29) is 29.0 Å². The van der Waals surface area contributed by atoms with Crippen molar-refractivity contribution in [2.45, 2.75) is 38.3 Å². The highest BCUT2D eigenvalue weighted by Crippen LogP contribution is 2.41. The number of anilines is 1. The largest absolute Gasteiger partial charge is 0.362 e. The average molecular weight is 360 g/mol. The Morgan fingerprint density at radius 1 is 1.35 bits per heavy atom. The zero-order chi connectivity index (χ0) is 15.5. The fraction of sp³-hybridized carbons (Fsp3) is 0.562. The summed E-state index contributed by atoms with van der Waals surface area (Å²) < 4.78 is 19.0. The summed E-state index contributed by atoms with van der Waals surface area (Å²) in [6.45, 7) is 6.82. The van der Waals surface area contributed by atoms with Crippen LogP contribution in [0.4, 0.5) is 10.2 Å². The monoisotopic (exact) mass is 359 g/mol.